The van der Waals surface area contributed by atoms with E-state index in [4.69, 9.17) is 11.5 Å². The Balaban J connectivity index is 1.06. The third-order valence-electron chi connectivity index (χ3n) is 17.1. The van der Waals surface area contributed by atoms with Crippen molar-refractivity contribution < 1.29 is 95.1 Å². The lowest BCUT2D eigenvalue weighted by atomic mass is 9.81. The first-order valence-corrected chi connectivity index (χ1v) is 37.2. The first-order chi connectivity index (χ1) is 46.2. The number of carboxylic acids is 1. The van der Waals surface area contributed by atoms with Crippen LogP contribution in [-0.2, 0) is 91.3 Å². The summed E-state index contributed by atoms with van der Waals surface area (Å²) in [6.07, 6.45) is 8.95. The van der Waals surface area contributed by atoms with Gasteiger partial charge in [-0.1, -0.05) is 68.5 Å². The number of aliphatic imine (C=N–C) groups is 1. The number of carbonyl (C=O) groups is 7. The van der Waals surface area contributed by atoms with Gasteiger partial charge in [0.15, 0.2) is 16.6 Å². The van der Waals surface area contributed by atoms with Crippen molar-refractivity contribution in [2.75, 3.05) is 37.6 Å². The number of amides is 6. The third kappa shape index (κ3) is 19.5. The Morgan fingerprint density at radius 1 is 0.667 bits per heavy atom. The summed E-state index contributed by atoms with van der Waals surface area (Å²) in [5.74, 6) is -6.49. The van der Waals surface area contributed by atoms with E-state index in [1.807, 2.05) is 25.7 Å². The summed E-state index contributed by atoms with van der Waals surface area (Å²) in [4.78, 5) is 96.5. The second-order valence-electron chi connectivity index (χ2n) is 24.9. The van der Waals surface area contributed by atoms with Gasteiger partial charge in [0.1, 0.15) is 35.6 Å². The van der Waals surface area contributed by atoms with Crippen molar-refractivity contribution in [3.63, 3.8) is 0 Å². The summed E-state index contributed by atoms with van der Waals surface area (Å²) in [6, 6.07) is 9.39. The molecule has 0 aliphatic carbocycles. The fourth-order valence-electron chi connectivity index (χ4n) is 12.4. The van der Waals surface area contributed by atoms with Gasteiger partial charge in [-0.25, -0.2) is 0 Å². The molecule has 4 aromatic rings. The zero-order valence-corrected chi connectivity index (χ0v) is 58.1. The molecule has 1 fully saturated rings. The molecule has 31 nitrogen and oxygen atoms in total. The number of aliphatic carboxylic acids is 1. The lowest BCUT2D eigenvalue weighted by molar-refractivity contribution is -0.441. The van der Waals surface area contributed by atoms with Crippen LogP contribution >= 0.6 is 0 Å². The zero-order chi connectivity index (χ0) is 73.2. The van der Waals surface area contributed by atoms with E-state index < -0.39 is 144 Å². The summed E-state index contributed by atoms with van der Waals surface area (Å²) >= 11 is 0. The number of nitrogens with zero attached hydrogens (tertiary/aromatic N) is 3. The highest BCUT2D eigenvalue weighted by Crippen LogP contribution is 2.52. The number of hydrogen-bond donors (Lipinski definition) is 13. The highest BCUT2D eigenvalue weighted by Gasteiger charge is 2.49. The van der Waals surface area contributed by atoms with E-state index in [9.17, 15) is 90.6 Å². The number of nitrogens with two attached hydrogens (primary N) is 2. The Hall–Kier alpha value is -8.97. The third-order valence-corrected chi connectivity index (χ3v) is 20.5. The fourth-order valence-corrected chi connectivity index (χ4v) is 15.1. The highest BCUT2D eigenvalue weighted by atomic mass is 32.2. The molecule has 3 aliphatic heterocycles. The van der Waals surface area contributed by atoms with Gasteiger partial charge in [0.05, 0.1) is 28.2 Å². The van der Waals surface area contributed by atoms with Gasteiger partial charge in [-0.3, -0.25) is 56.8 Å². The first-order valence-electron chi connectivity index (χ1n) is 31.5. The van der Waals surface area contributed by atoms with Gasteiger partial charge in [-0.2, -0.15) is 38.2 Å². The molecule has 3 aliphatic rings. The van der Waals surface area contributed by atoms with E-state index in [2.05, 4.69) is 36.9 Å². The van der Waals surface area contributed by atoms with Crippen LogP contribution < -0.4 is 48.3 Å². The number of rotatable bonds is 27. The monoisotopic (exact) mass is 1450 g/mol. The number of likely N-dealkylation sites (N-methyl/N-ethyl adjacent to an activating group) is 1. The molecule has 536 valence electrons. The number of hydrogen-bond acceptors (Lipinski definition) is 17. The van der Waals surface area contributed by atoms with Crippen LogP contribution in [0.3, 0.4) is 0 Å². The zero-order valence-electron chi connectivity index (χ0n) is 54.8. The van der Waals surface area contributed by atoms with Crippen LogP contribution in [0.25, 0.3) is 10.8 Å². The predicted molar refractivity (Wildman–Crippen MR) is 363 cm³/mol. The van der Waals surface area contributed by atoms with Crippen molar-refractivity contribution in [1.29, 1.82) is 0 Å². The van der Waals surface area contributed by atoms with Crippen LogP contribution in [-0.4, -0.2) is 172 Å². The lowest BCUT2D eigenvalue weighted by Gasteiger charge is -2.26. The molecule has 0 bridgehead atoms. The standard InChI is InChI=1S/C64H81N11O20S4/c1-6-74-48-27-26-41-42(32-39(96(84,85)86)34-49(41)98(90,91)92)56(48)64(4,5)52(74)24-13-8-12-23-51-63(2,3)43-33-40(97(87,88)89)35-50(99(93,94)95)57(43)75(51)30-17-9-14-25-53(76)67-28-16-15-21-45-59(81)71-44(22-18-29-68-62(65)66)58(80)69-37-54(77)70-47(36-55(78)79)61(83)73-46(60(82)72-45)31-38-19-10-7-11-20-38/h7-8,10-13,19-20,23-24,26-27,32-35,44-47H,6,9,14-18,21-22,25,28-31,36-37H2,1-5H3,(H14-,65,66,67,68,69,70,71,72,73,76,77,78,79,80,81,82,83,84,85,86,87,88,89,90,91,92,93,94,95)/p+1/t44-,45-,46-,47-/m0/s1. The molecule has 4 aromatic carbocycles. The van der Waals surface area contributed by atoms with Crippen LogP contribution in [0.5, 0.6) is 0 Å². The quantitative estimate of drug-likeness (QED) is 0.0102. The number of guanidine groups is 1. The number of fused-ring (bicyclic) bond motifs is 4. The largest absolute Gasteiger partial charge is 0.481 e. The maximum absolute atomic E-state index is 14.2. The fraction of sp³-hybridized carbons (Fsp3) is 0.422. The predicted octanol–water partition coefficient (Wildman–Crippen LogP) is 2.70. The minimum Gasteiger partial charge on any atom is -0.481 e. The summed E-state index contributed by atoms with van der Waals surface area (Å²) in [5, 5.41) is 25.1. The molecule has 0 spiro atoms. The van der Waals surface area contributed by atoms with Crippen LogP contribution in [0.1, 0.15) is 116 Å². The molecular formula is C64H82N11O20S4+. The topological polar surface area (TPSA) is 500 Å². The van der Waals surface area contributed by atoms with E-state index in [0.29, 0.717) is 66.2 Å². The van der Waals surface area contributed by atoms with Crippen molar-refractivity contribution >= 4 is 116 Å². The minimum absolute atomic E-state index is 0.0125. The maximum Gasteiger partial charge on any atom is 0.305 e. The Morgan fingerprint density at radius 2 is 1.27 bits per heavy atom. The number of carbonyl (C=O) groups excluding carboxylic acids is 6. The number of benzene rings is 4. The Morgan fingerprint density at radius 3 is 1.90 bits per heavy atom. The van der Waals surface area contributed by atoms with Gasteiger partial charge in [-0.05, 0) is 119 Å². The van der Waals surface area contributed by atoms with Gasteiger partial charge in [0.2, 0.25) is 41.1 Å². The Labute approximate surface area is 573 Å². The van der Waals surface area contributed by atoms with E-state index >= 15 is 0 Å². The Bertz CT molecular complexity index is 4470. The minimum atomic E-state index is -5.17. The molecule has 1 saturated heterocycles. The van der Waals surface area contributed by atoms with Crippen molar-refractivity contribution in [3.8, 4) is 0 Å². The second-order valence-corrected chi connectivity index (χ2v) is 30.6. The van der Waals surface area contributed by atoms with Crippen molar-refractivity contribution in [1.82, 2.24) is 31.9 Å². The number of carboxylic acid groups (broad SMARTS) is 1. The van der Waals surface area contributed by atoms with Crippen LogP contribution in [0, 0.1) is 0 Å². The van der Waals surface area contributed by atoms with E-state index in [0.717, 1.165) is 12.1 Å². The van der Waals surface area contributed by atoms with Crippen LogP contribution in [0.4, 0.5) is 11.4 Å². The van der Waals surface area contributed by atoms with Gasteiger partial charge in [-0.15, -0.1) is 0 Å². The SMILES string of the molecule is CCN1/C(=C/C=C/C=C/C2=[N+](CCCCCC(=O)NCCCC[C@@H]3NC(=O)[C@H](Cc4ccccc4)NC(=O)[C@H](CC(=O)O)NC(=O)CNC(=O)[C@H](CCCN=C(N)N)NC3=O)c3c(cc(S(=O)(=O)O)cc3S(=O)(=O)O)C2(C)C)C(C)(C)c2c1ccc1c(S(=O)(=O)O)cc(S(=O)(=O)O)cc21. The number of anilines is 1. The van der Waals surface area contributed by atoms with Crippen molar-refractivity contribution in [3.05, 3.63) is 119 Å². The molecule has 7 rings (SSSR count). The smallest absolute Gasteiger partial charge is 0.305 e. The van der Waals surface area contributed by atoms with E-state index in [-0.39, 0.29) is 98.5 Å². The number of unbranched alkanes of at least 4 members (excludes halogenated alkanes) is 3. The molecule has 4 atom stereocenters. The van der Waals surface area contributed by atoms with E-state index in [1.54, 1.807) is 85.2 Å². The average Bonchev–Trinajstić information content (AvgIpc) is 1.59. The molecule has 0 unspecified atom stereocenters. The van der Waals surface area contributed by atoms with E-state index in [1.165, 1.54) is 6.07 Å². The highest BCUT2D eigenvalue weighted by molar-refractivity contribution is 7.87. The molecule has 3 heterocycles. The summed E-state index contributed by atoms with van der Waals surface area (Å²) in [5.41, 5.74) is 11.6. The normalized spacial score (nSPS) is 19.8. The number of allylic oxidation sites excluding steroid dienone is 6. The second kappa shape index (κ2) is 31.9. The first kappa shape index (κ1) is 77.4. The summed E-state index contributed by atoms with van der Waals surface area (Å²) in [7, 11) is -20.1. The molecule has 15 N–H and O–H groups in total. The lowest BCUT2D eigenvalue weighted by Crippen LogP contribution is -2.58. The van der Waals surface area contributed by atoms with Crippen molar-refractivity contribution in [2.45, 2.75) is 160 Å². The summed E-state index contributed by atoms with van der Waals surface area (Å²) < 4.78 is 144. The molecule has 6 amide bonds. The van der Waals surface area contributed by atoms with Gasteiger partial charge >= 0.3 is 16.1 Å². The molecule has 0 aromatic heterocycles. The molecule has 35 heteroatoms. The average molecular weight is 1450 g/mol. The van der Waals surface area contributed by atoms with Crippen molar-refractivity contribution in [2.24, 2.45) is 16.5 Å². The number of nitrogens with one attached hydrogen (secondary N) is 6. The molecule has 99 heavy (non-hydrogen) atoms. The molecule has 0 radical (unpaired) electrons. The molecule has 0 saturated carbocycles. The van der Waals surface area contributed by atoms with Gasteiger partial charge in [0.25, 0.3) is 30.4 Å². The summed E-state index contributed by atoms with van der Waals surface area (Å²) in [6.45, 7) is 8.77. The Kier molecular flexibility index (Phi) is 24.9. The maximum atomic E-state index is 14.2. The van der Waals surface area contributed by atoms with Crippen LogP contribution in [0.15, 0.2) is 127 Å². The van der Waals surface area contributed by atoms with Crippen LogP contribution in [0.2, 0.25) is 0 Å². The van der Waals surface area contributed by atoms with Gasteiger partial charge in [0, 0.05) is 72.7 Å². The molecular weight excluding hydrogens is 1370 g/mol. The van der Waals surface area contributed by atoms with Gasteiger partial charge < -0.3 is 53.4 Å².